The second-order valence-electron chi connectivity index (χ2n) is 5.69. The van der Waals surface area contributed by atoms with Gasteiger partial charge in [0.2, 0.25) is 0 Å². The van der Waals surface area contributed by atoms with Crippen molar-refractivity contribution in [3.8, 4) is 0 Å². The van der Waals surface area contributed by atoms with Crippen LogP contribution in [0.4, 0.5) is 5.69 Å². The number of anilines is 1. The zero-order valence-electron chi connectivity index (χ0n) is 12.1. The standard InChI is InChI=1S/C18H20BrN/c1-13-5-6-14(2)18(12-13)20-11-3-4-17(20)15-7-9-16(19)10-8-15/h5-10,12,17H,3-4,11H2,1-2H3. The first kappa shape index (κ1) is 13.7. The van der Waals surface area contributed by atoms with Crippen molar-refractivity contribution in [1.82, 2.24) is 0 Å². The third-order valence-corrected chi connectivity index (χ3v) is 4.71. The molecule has 0 radical (unpaired) electrons. The second kappa shape index (κ2) is 5.61. The van der Waals surface area contributed by atoms with Gasteiger partial charge in [0, 0.05) is 16.7 Å². The molecule has 0 amide bonds. The first-order valence-corrected chi connectivity index (χ1v) is 8.04. The van der Waals surface area contributed by atoms with E-state index in [9.17, 15) is 0 Å². The van der Waals surface area contributed by atoms with Crippen LogP contribution in [0.1, 0.15) is 35.6 Å². The van der Waals surface area contributed by atoms with E-state index in [0.717, 1.165) is 11.0 Å². The van der Waals surface area contributed by atoms with Gasteiger partial charge in [0.25, 0.3) is 0 Å². The lowest BCUT2D eigenvalue weighted by Crippen LogP contribution is -2.23. The van der Waals surface area contributed by atoms with Crippen molar-refractivity contribution in [3.63, 3.8) is 0 Å². The van der Waals surface area contributed by atoms with Gasteiger partial charge in [0.15, 0.2) is 0 Å². The highest BCUT2D eigenvalue weighted by Crippen LogP contribution is 2.38. The Labute approximate surface area is 129 Å². The molecule has 1 fully saturated rings. The van der Waals surface area contributed by atoms with Gasteiger partial charge >= 0.3 is 0 Å². The quantitative estimate of drug-likeness (QED) is 0.712. The number of aryl methyl sites for hydroxylation is 2. The average molecular weight is 330 g/mol. The summed E-state index contributed by atoms with van der Waals surface area (Å²) in [7, 11) is 0. The molecule has 1 aliphatic rings. The summed E-state index contributed by atoms with van der Waals surface area (Å²) < 4.78 is 1.15. The molecule has 1 saturated heterocycles. The molecule has 0 bridgehead atoms. The Morgan fingerprint density at radius 1 is 1.05 bits per heavy atom. The maximum atomic E-state index is 3.52. The van der Waals surface area contributed by atoms with Crippen molar-refractivity contribution in [2.75, 3.05) is 11.4 Å². The SMILES string of the molecule is Cc1ccc(C)c(N2CCCC2c2ccc(Br)cc2)c1. The average Bonchev–Trinajstić information content (AvgIpc) is 2.91. The van der Waals surface area contributed by atoms with Crippen LogP contribution in [0.5, 0.6) is 0 Å². The largest absolute Gasteiger partial charge is 0.364 e. The molecule has 104 valence electrons. The van der Waals surface area contributed by atoms with Crippen molar-refractivity contribution in [2.24, 2.45) is 0 Å². The molecule has 1 atom stereocenters. The molecule has 1 heterocycles. The second-order valence-corrected chi connectivity index (χ2v) is 6.61. The summed E-state index contributed by atoms with van der Waals surface area (Å²) >= 11 is 3.52. The summed E-state index contributed by atoms with van der Waals surface area (Å²) in [5, 5.41) is 0. The molecule has 2 aromatic carbocycles. The summed E-state index contributed by atoms with van der Waals surface area (Å²) in [6.45, 7) is 5.55. The van der Waals surface area contributed by atoms with E-state index in [2.05, 4.69) is 77.1 Å². The molecule has 0 spiro atoms. The fourth-order valence-corrected chi connectivity index (χ4v) is 3.38. The summed E-state index contributed by atoms with van der Waals surface area (Å²) in [6, 6.07) is 16.1. The fourth-order valence-electron chi connectivity index (χ4n) is 3.12. The van der Waals surface area contributed by atoms with Gasteiger partial charge in [0.05, 0.1) is 6.04 Å². The zero-order chi connectivity index (χ0) is 14.1. The van der Waals surface area contributed by atoms with E-state index < -0.39 is 0 Å². The summed E-state index contributed by atoms with van der Waals surface area (Å²) in [5.41, 5.74) is 5.54. The van der Waals surface area contributed by atoms with E-state index in [0.29, 0.717) is 6.04 Å². The minimum atomic E-state index is 0.517. The van der Waals surface area contributed by atoms with Crippen molar-refractivity contribution >= 4 is 21.6 Å². The molecule has 0 aliphatic carbocycles. The van der Waals surface area contributed by atoms with Crippen LogP contribution in [0.25, 0.3) is 0 Å². The van der Waals surface area contributed by atoms with Gasteiger partial charge in [-0.05, 0) is 61.6 Å². The maximum absolute atomic E-state index is 3.52. The number of rotatable bonds is 2. The Balaban J connectivity index is 1.96. The van der Waals surface area contributed by atoms with Crippen molar-refractivity contribution in [3.05, 3.63) is 63.6 Å². The Morgan fingerprint density at radius 2 is 1.80 bits per heavy atom. The number of nitrogens with zero attached hydrogens (tertiary/aromatic N) is 1. The molecule has 0 aromatic heterocycles. The lowest BCUT2D eigenvalue weighted by Gasteiger charge is -2.29. The number of benzene rings is 2. The number of hydrogen-bond donors (Lipinski definition) is 0. The first-order chi connectivity index (χ1) is 9.65. The van der Waals surface area contributed by atoms with Crippen LogP contribution >= 0.6 is 15.9 Å². The van der Waals surface area contributed by atoms with E-state index >= 15 is 0 Å². The topological polar surface area (TPSA) is 3.24 Å². The fraction of sp³-hybridized carbons (Fsp3) is 0.333. The van der Waals surface area contributed by atoms with Gasteiger partial charge in [-0.2, -0.15) is 0 Å². The van der Waals surface area contributed by atoms with Gasteiger partial charge < -0.3 is 4.90 Å². The van der Waals surface area contributed by atoms with E-state index in [-0.39, 0.29) is 0 Å². The van der Waals surface area contributed by atoms with Crippen LogP contribution in [-0.2, 0) is 0 Å². The molecule has 0 saturated carbocycles. The molecule has 0 N–H and O–H groups in total. The Hall–Kier alpha value is -1.28. The molecule has 1 aliphatic heterocycles. The van der Waals surface area contributed by atoms with Crippen LogP contribution in [-0.4, -0.2) is 6.54 Å². The van der Waals surface area contributed by atoms with Crippen molar-refractivity contribution in [1.29, 1.82) is 0 Å². The predicted octanol–water partition coefficient (Wildman–Crippen LogP) is 5.41. The van der Waals surface area contributed by atoms with Crippen LogP contribution < -0.4 is 4.90 Å². The van der Waals surface area contributed by atoms with Crippen LogP contribution in [0, 0.1) is 13.8 Å². The summed E-state index contributed by atoms with van der Waals surface area (Å²) in [5.74, 6) is 0. The van der Waals surface area contributed by atoms with E-state index in [1.165, 1.54) is 35.2 Å². The van der Waals surface area contributed by atoms with Gasteiger partial charge in [-0.25, -0.2) is 0 Å². The van der Waals surface area contributed by atoms with E-state index in [1.807, 2.05) is 0 Å². The summed E-state index contributed by atoms with van der Waals surface area (Å²) in [6.07, 6.45) is 2.52. The number of halogens is 1. The minimum Gasteiger partial charge on any atom is -0.364 e. The Bertz CT molecular complexity index is 603. The molecular weight excluding hydrogens is 310 g/mol. The first-order valence-electron chi connectivity index (χ1n) is 7.24. The molecule has 2 aromatic rings. The summed E-state index contributed by atoms with van der Waals surface area (Å²) in [4.78, 5) is 2.57. The lowest BCUT2D eigenvalue weighted by atomic mass is 10.0. The Morgan fingerprint density at radius 3 is 2.55 bits per heavy atom. The highest BCUT2D eigenvalue weighted by molar-refractivity contribution is 9.10. The molecular formula is C18H20BrN. The Kier molecular flexibility index (Phi) is 3.84. The molecule has 20 heavy (non-hydrogen) atoms. The van der Waals surface area contributed by atoms with Crippen LogP contribution in [0.2, 0.25) is 0 Å². The predicted molar refractivity (Wildman–Crippen MR) is 89.4 cm³/mol. The molecule has 2 heteroatoms. The monoisotopic (exact) mass is 329 g/mol. The highest BCUT2D eigenvalue weighted by Gasteiger charge is 2.27. The van der Waals surface area contributed by atoms with Gasteiger partial charge in [0.1, 0.15) is 0 Å². The van der Waals surface area contributed by atoms with Gasteiger partial charge in [-0.1, -0.05) is 40.2 Å². The van der Waals surface area contributed by atoms with E-state index in [1.54, 1.807) is 0 Å². The zero-order valence-corrected chi connectivity index (χ0v) is 13.7. The molecule has 1 unspecified atom stereocenters. The number of hydrogen-bond acceptors (Lipinski definition) is 1. The normalized spacial score (nSPS) is 18.6. The van der Waals surface area contributed by atoms with Crippen molar-refractivity contribution < 1.29 is 0 Å². The van der Waals surface area contributed by atoms with Gasteiger partial charge in [-0.3, -0.25) is 0 Å². The van der Waals surface area contributed by atoms with Crippen LogP contribution in [0.15, 0.2) is 46.9 Å². The van der Waals surface area contributed by atoms with E-state index in [4.69, 9.17) is 0 Å². The smallest absolute Gasteiger partial charge is 0.0543 e. The lowest BCUT2D eigenvalue weighted by molar-refractivity contribution is 0.717. The third-order valence-electron chi connectivity index (χ3n) is 4.18. The highest BCUT2D eigenvalue weighted by atomic mass is 79.9. The molecule has 1 nitrogen and oxygen atoms in total. The van der Waals surface area contributed by atoms with Crippen LogP contribution in [0.3, 0.4) is 0 Å². The third kappa shape index (κ3) is 2.62. The minimum absolute atomic E-state index is 0.517. The van der Waals surface area contributed by atoms with Crippen molar-refractivity contribution in [2.45, 2.75) is 32.7 Å². The van der Waals surface area contributed by atoms with Gasteiger partial charge in [-0.15, -0.1) is 0 Å². The maximum Gasteiger partial charge on any atom is 0.0543 e. The molecule has 3 rings (SSSR count).